The molecule has 2 aliphatic rings. The van der Waals surface area contributed by atoms with Crippen LogP contribution in [0.4, 0.5) is 8.78 Å². The number of rotatable bonds is 2. The lowest BCUT2D eigenvalue weighted by Crippen LogP contribution is -2.30. The first-order chi connectivity index (χ1) is 11.3. The maximum Gasteiger partial charge on any atom is 0.336 e. The molecular weight excluding hydrogens is 340 g/mol. The van der Waals surface area contributed by atoms with Gasteiger partial charge in [0.05, 0.1) is 29.3 Å². The van der Waals surface area contributed by atoms with Gasteiger partial charge in [-0.1, -0.05) is 12.1 Å². The first kappa shape index (κ1) is 16.6. The smallest absolute Gasteiger partial charge is 0.336 e. The minimum absolute atomic E-state index is 0.0359. The Bertz CT molecular complexity index is 903. The normalized spacial score (nSPS) is 22.2. The molecule has 0 aromatic heterocycles. The lowest BCUT2D eigenvalue weighted by atomic mass is 9.85. The molecule has 1 aromatic rings. The molecule has 0 spiro atoms. The van der Waals surface area contributed by atoms with E-state index in [1.54, 1.807) is 6.92 Å². The van der Waals surface area contributed by atoms with Gasteiger partial charge in [-0.2, -0.15) is 0 Å². The van der Waals surface area contributed by atoms with Gasteiger partial charge < -0.3 is 10.1 Å². The van der Waals surface area contributed by atoms with Crippen molar-refractivity contribution in [3.05, 3.63) is 57.3 Å². The predicted octanol–water partition coefficient (Wildman–Crippen LogP) is 2.13. The third-order valence-electron chi connectivity index (χ3n) is 4.24. The Hall–Kier alpha value is -2.22. The maximum atomic E-state index is 14.4. The second kappa shape index (κ2) is 5.70. The summed E-state index contributed by atoms with van der Waals surface area (Å²) in [6, 6.07) is 3.50. The average Bonchev–Trinajstić information content (AvgIpc) is 2.83. The highest BCUT2D eigenvalue weighted by atomic mass is 32.2. The number of dihydropyridines is 1. The fourth-order valence-corrected chi connectivity index (χ4v) is 5.02. The molecule has 3 rings (SSSR count). The molecule has 24 heavy (non-hydrogen) atoms. The number of hydrogen-bond acceptors (Lipinski definition) is 5. The molecule has 0 radical (unpaired) electrons. The summed E-state index contributed by atoms with van der Waals surface area (Å²) in [6.07, 6.45) is 0.233. The van der Waals surface area contributed by atoms with E-state index in [-0.39, 0.29) is 28.2 Å². The van der Waals surface area contributed by atoms with Crippen LogP contribution in [0.15, 0.2) is 40.1 Å². The zero-order chi connectivity index (χ0) is 17.6. The summed E-state index contributed by atoms with van der Waals surface area (Å²) >= 11 is 0. The Morgan fingerprint density at radius 1 is 1.33 bits per heavy atom. The zero-order valence-electron chi connectivity index (χ0n) is 13.0. The van der Waals surface area contributed by atoms with Gasteiger partial charge in [0.1, 0.15) is 0 Å². The van der Waals surface area contributed by atoms with Crippen molar-refractivity contribution in [2.24, 2.45) is 0 Å². The van der Waals surface area contributed by atoms with E-state index in [1.165, 1.54) is 12.1 Å². The molecule has 5 nitrogen and oxygen atoms in total. The van der Waals surface area contributed by atoms with Crippen LogP contribution >= 0.6 is 0 Å². The van der Waals surface area contributed by atoms with Crippen molar-refractivity contribution in [2.75, 3.05) is 12.9 Å². The Morgan fingerprint density at radius 2 is 2.04 bits per heavy atom. The minimum atomic E-state index is -3.69. The second-order valence-corrected chi connectivity index (χ2v) is 7.72. The minimum Gasteiger partial charge on any atom is -0.466 e. The number of ether oxygens (including phenoxy) is 1. The number of methoxy groups -OCH3 is 1. The number of sulfone groups is 1. The number of allylic oxidation sites excluding steroid dienone is 3. The number of carbonyl (C=O) groups excluding carboxylic acids is 1. The molecule has 0 saturated heterocycles. The number of esters is 1. The average molecular weight is 355 g/mol. The first-order valence-corrected chi connectivity index (χ1v) is 8.89. The monoisotopic (exact) mass is 355 g/mol. The van der Waals surface area contributed by atoms with Crippen LogP contribution in [0.2, 0.25) is 0 Å². The van der Waals surface area contributed by atoms with Gasteiger partial charge >= 0.3 is 5.97 Å². The topological polar surface area (TPSA) is 72.5 Å². The molecule has 1 N–H and O–H groups in total. The lowest BCUT2D eigenvalue weighted by Gasteiger charge is -2.28. The fraction of sp³-hybridized carbons (Fsp3) is 0.312. The molecule has 128 valence electrons. The molecule has 8 heteroatoms. The summed E-state index contributed by atoms with van der Waals surface area (Å²) in [6.45, 7) is 1.57. The third kappa shape index (κ3) is 2.41. The van der Waals surface area contributed by atoms with Crippen LogP contribution in [0.1, 0.15) is 24.8 Å². The summed E-state index contributed by atoms with van der Waals surface area (Å²) in [5.74, 6) is -4.43. The van der Waals surface area contributed by atoms with Gasteiger partial charge in [0.2, 0.25) is 0 Å². The first-order valence-electron chi connectivity index (χ1n) is 7.23. The van der Waals surface area contributed by atoms with E-state index in [0.29, 0.717) is 11.4 Å². The molecular formula is C16H15F2NO4S. The van der Waals surface area contributed by atoms with E-state index in [2.05, 4.69) is 5.32 Å². The SMILES string of the molecule is COC(=O)C1=C(C)NC2=C(C1c1cccc(F)c1F)S(=O)(=O)CC2. The van der Waals surface area contributed by atoms with Gasteiger partial charge in [0.25, 0.3) is 0 Å². The summed E-state index contributed by atoms with van der Waals surface area (Å²) in [4.78, 5) is 12.1. The van der Waals surface area contributed by atoms with Crippen molar-refractivity contribution in [2.45, 2.75) is 19.3 Å². The molecule has 0 amide bonds. The van der Waals surface area contributed by atoms with Crippen molar-refractivity contribution >= 4 is 15.8 Å². The van der Waals surface area contributed by atoms with E-state index in [9.17, 15) is 22.0 Å². The van der Waals surface area contributed by atoms with Crippen LogP contribution in [0.25, 0.3) is 0 Å². The van der Waals surface area contributed by atoms with Crippen LogP contribution in [0.3, 0.4) is 0 Å². The summed E-state index contributed by atoms with van der Waals surface area (Å²) < 4.78 is 57.7. The van der Waals surface area contributed by atoms with Gasteiger partial charge in [-0.05, 0) is 13.0 Å². The van der Waals surface area contributed by atoms with Crippen LogP contribution in [-0.2, 0) is 19.4 Å². The quantitative estimate of drug-likeness (QED) is 0.823. The molecule has 0 bridgehead atoms. The zero-order valence-corrected chi connectivity index (χ0v) is 13.8. The van der Waals surface area contributed by atoms with Crippen molar-refractivity contribution in [1.82, 2.24) is 5.32 Å². The van der Waals surface area contributed by atoms with Crippen molar-refractivity contribution in [3.63, 3.8) is 0 Å². The van der Waals surface area contributed by atoms with E-state index < -0.39 is 33.4 Å². The molecule has 1 atom stereocenters. The van der Waals surface area contributed by atoms with E-state index in [1.807, 2.05) is 0 Å². The molecule has 2 aliphatic heterocycles. The van der Waals surface area contributed by atoms with Gasteiger partial charge in [0, 0.05) is 23.4 Å². The summed E-state index contributed by atoms with van der Waals surface area (Å²) in [5, 5.41) is 2.90. The number of halogens is 2. The fourth-order valence-electron chi connectivity index (χ4n) is 3.20. The summed E-state index contributed by atoms with van der Waals surface area (Å²) in [5.41, 5.74) is 0.542. The van der Waals surface area contributed by atoms with Crippen molar-refractivity contribution in [1.29, 1.82) is 0 Å². The highest BCUT2D eigenvalue weighted by Gasteiger charge is 2.44. The number of nitrogens with one attached hydrogen (secondary N) is 1. The highest BCUT2D eigenvalue weighted by molar-refractivity contribution is 7.95. The lowest BCUT2D eigenvalue weighted by molar-refractivity contribution is -0.136. The van der Waals surface area contributed by atoms with E-state index >= 15 is 0 Å². The number of hydrogen-bond donors (Lipinski definition) is 1. The Kier molecular flexibility index (Phi) is 3.95. The molecule has 0 aliphatic carbocycles. The van der Waals surface area contributed by atoms with Crippen LogP contribution in [0, 0.1) is 11.6 Å². The third-order valence-corrected chi connectivity index (χ3v) is 6.14. The van der Waals surface area contributed by atoms with Gasteiger partial charge in [-0.3, -0.25) is 0 Å². The van der Waals surface area contributed by atoms with Gasteiger partial charge in [-0.25, -0.2) is 22.0 Å². The Labute approximate surface area is 137 Å². The maximum absolute atomic E-state index is 14.4. The molecule has 1 aromatic carbocycles. The molecule has 2 heterocycles. The van der Waals surface area contributed by atoms with Gasteiger partial charge in [0.15, 0.2) is 21.5 Å². The standard InChI is InChI=1S/C16H15F2NO4S/c1-8-12(16(20)23-2)13(9-4-3-5-10(17)14(9)18)15-11(19-8)6-7-24(15,21)22/h3-5,13,19H,6-7H2,1-2H3. The Morgan fingerprint density at radius 3 is 2.71 bits per heavy atom. The van der Waals surface area contributed by atoms with Crippen LogP contribution in [-0.4, -0.2) is 27.2 Å². The molecule has 0 saturated carbocycles. The molecule has 1 unspecified atom stereocenters. The largest absolute Gasteiger partial charge is 0.466 e. The Balaban J connectivity index is 2.31. The highest BCUT2D eigenvalue weighted by Crippen LogP contribution is 2.45. The number of benzene rings is 1. The van der Waals surface area contributed by atoms with Crippen LogP contribution in [0.5, 0.6) is 0 Å². The molecule has 0 fully saturated rings. The van der Waals surface area contributed by atoms with E-state index in [0.717, 1.165) is 13.2 Å². The van der Waals surface area contributed by atoms with Gasteiger partial charge in [-0.15, -0.1) is 0 Å². The number of carbonyl (C=O) groups is 1. The summed E-state index contributed by atoms with van der Waals surface area (Å²) in [7, 11) is -2.54. The predicted molar refractivity (Wildman–Crippen MR) is 82.4 cm³/mol. The van der Waals surface area contributed by atoms with Crippen molar-refractivity contribution in [3.8, 4) is 0 Å². The van der Waals surface area contributed by atoms with E-state index in [4.69, 9.17) is 4.74 Å². The van der Waals surface area contributed by atoms with Crippen molar-refractivity contribution < 1.29 is 26.7 Å². The second-order valence-electron chi connectivity index (χ2n) is 5.64. The van der Waals surface area contributed by atoms with Crippen LogP contribution < -0.4 is 5.32 Å².